The molecule has 1 unspecified atom stereocenters. The van der Waals surface area contributed by atoms with Gasteiger partial charge in [-0.15, -0.1) is 0 Å². The lowest BCUT2D eigenvalue weighted by molar-refractivity contribution is 0.268. The maximum Gasteiger partial charge on any atom is 0.218 e. The normalized spacial score (nSPS) is 20.9. The van der Waals surface area contributed by atoms with E-state index in [4.69, 9.17) is 5.26 Å². The first-order valence-electron chi connectivity index (χ1n) is 6.51. The van der Waals surface area contributed by atoms with Crippen LogP contribution < -0.4 is 0 Å². The Balaban J connectivity index is 2.14. The lowest BCUT2D eigenvalue weighted by Gasteiger charge is -2.32. The maximum absolute atomic E-state index is 12.4. The lowest BCUT2D eigenvalue weighted by atomic mass is 10.1. The molecule has 1 aromatic rings. The van der Waals surface area contributed by atoms with E-state index in [9.17, 15) is 8.42 Å². The monoisotopic (exact) mass is 278 g/mol. The molecule has 5 heteroatoms. The van der Waals surface area contributed by atoms with Crippen LogP contribution in [0.25, 0.3) is 0 Å². The highest BCUT2D eigenvalue weighted by Crippen LogP contribution is 2.22. The van der Waals surface area contributed by atoms with E-state index in [0.717, 1.165) is 24.8 Å². The minimum Gasteiger partial charge on any atom is -0.212 e. The summed E-state index contributed by atoms with van der Waals surface area (Å²) < 4.78 is 26.4. The number of hydrogen-bond acceptors (Lipinski definition) is 3. The fourth-order valence-corrected chi connectivity index (χ4v) is 4.29. The minimum absolute atomic E-state index is 0.0169. The van der Waals surface area contributed by atoms with Gasteiger partial charge in [0, 0.05) is 12.6 Å². The largest absolute Gasteiger partial charge is 0.218 e. The molecular formula is C14H18N2O2S. The zero-order chi connectivity index (χ0) is 13.9. The van der Waals surface area contributed by atoms with Gasteiger partial charge in [0.15, 0.2) is 0 Å². The predicted molar refractivity (Wildman–Crippen MR) is 73.8 cm³/mol. The zero-order valence-corrected chi connectivity index (χ0v) is 11.9. The summed E-state index contributed by atoms with van der Waals surface area (Å²) in [6.07, 6.45) is 2.98. The third-order valence-corrected chi connectivity index (χ3v) is 5.49. The fourth-order valence-electron chi connectivity index (χ4n) is 2.45. The van der Waals surface area contributed by atoms with Crippen molar-refractivity contribution in [3.8, 4) is 6.07 Å². The van der Waals surface area contributed by atoms with Crippen molar-refractivity contribution >= 4 is 10.0 Å². The molecule has 19 heavy (non-hydrogen) atoms. The number of rotatable bonds is 3. The van der Waals surface area contributed by atoms with Crippen molar-refractivity contribution in [3.63, 3.8) is 0 Å². The van der Waals surface area contributed by atoms with Gasteiger partial charge in [0.25, 0.3) is 0 Å². The highest BCUT2D eigenvalue weighted by Gasteiger charge is 2.29. The van der Waals surface area contributed by atoms with Gasteiger partial charge >= 0.3 is 0 Å². The molecule has 0 aromatic heterocycles. The number of nitriles is 1. The standard InChI is InChI=1S/C14H18N2O2S/c1-12-4-2-3-9-16(12)19(17,18)11-14-7-5-13(10-15)6-8-14/h5-8,12H,2-4,9,11H2,1H3. The van der Waals surface area contributed by atoms with E-state index in [2.05, 4.69) is 0 Å². The molecular weight excluding hydrogens is 260 g/mol. The van der Waals surface area contributed by atoms with Crippen molar-refractivity contribution in [2.75, 3.05) is 6.54 Å². The van der Waals surface area contributed by atoms with Crippen LogP contribution in [0.1, 0.15) is 37.3 Å². The second-order valence-electron chi connectivity index (χ2n) is 5.02. The van der Waals surface area contributed by atoms with Crippen LogP contribution in [0.3, 0.4) is 0 Å². The number of benzene rings is 1. The van der Waals surface area contributed by atoms with Crippen LogP contribution in [0.4, 0.5) is 0 Å². The summed E-state index contributed by atoms with van der Waals surface area (Å²) in [6.45, 7) is 2.59. The van der Waals surface area contributed by atoms with Gasteiger partial charge in [0.1, 0.15) is 0 Å². The zero-order valence-electron chi connectivity index (χ0n) is 11.0. The molecule has 4 nitrogen and oxygen atoms in total. The third kappa shape index (κ3) is 3.34. The molecule has 0 bridgehead atoms. The van der Waals surface area contributed by atoms with Gasteiger partial charge in [-0.1, -0.05) is 18.6 Å². The SMILES string of the molecule is CC1CCCCN1S(=O)(=O)Cc1ccc(C#N)cc1. The van der Waals surface area contributed by atoms with Crippen LogP contribution in [0.2, 0.25) is 0 Å². The topological polar surface area (TPSA) is 61.2 Å². The first kappa shape index (κ1) is 14.0. The molecule has 1 atom stereocenters. The van der Waals surface area contributed by atoms with Gasteiger partial charge < -0.3 is 0 Å². The van der Waals surface area contributed by atoms with Crippen molar-refractivity contribution in [1.29, 1.82) is 5.26 Å². The molecule has 0 amide bonds. The summed E-state index contributed by atoms with van der Waals surface area (Å²) in [7, 11) is -3.25. The Labute approximate surface area is 114 Å². The highest BCUT2D eigenvalue weighted by atomic mass is 32.2. The van der Waals surface area contributed by atoms with Gasteiger partial charge in [-0.2, -0.15) is 9.57 Å². The summed E-state index contributed by atoms with van der Waals surface area (Å²) in [5.41, 5.74) is 1.28. The maximum atomic E-state index is 12.4. The molecule has 0 radical (unpaired) electrons. The molecule has 0 saturated carbocycles. The summed E-state index contributed by atoms with van der Waals surface area (Å²) in [4.78, 5) is 0. The number of hydrogen-bond donors (Lipinski definition) is 0. The quantitative estimate of drug-likeness (QED) is 0.852. The van der Waals surface area contributed by atoms with Crippen molar-refractivity contribution in [2.24, 2.45) is 0 Å². The predicted octanol–water partition coefficient (Wildman–Crippen LogP) is 2.26. The number of nitrogens with zero attached hydrogens (tertiary/aromatic N) is 2. The van der Waals surface area contributed by atoms with Crippen molar-refractivity contribution in [2.45, 2.75) is 38.0 Å². The second kappa shape index (κ2) is 5.72. The molecule has 1 fully saturated rings. The lowest BCUT2D eigenvalue weighted by Crippen LogP contribution is -2.42. The Kier molecular flexibility index (Phi) is 4.23. The van der Waals surface area contributed by atoms with Gasteiger partial charge in [-0.05, 0) is 37.5 Å². The van der Waals surface area contributed by atoms with Crippen LogP contribution in [-0.4, -0.2) is 25.3 Å². The number of sulfonamides is 1. The summed E-state index contributed by atoms with van der Waals surface area (Å²) in [6, 6.07) is 8.86. The van der Waals surface area contributed by atoms with E-state index in [1.54, 1.807) is 28.6 Å². The molecule has 1 aromatic carbocycles. The molecule has 0 spiro atoms. The van der Waals surface area contributed by atoms with E-state index < -0.39 is 10.0 Å². The Morgan fingerprint density at radius 1 is 1.32 bits per heavy atom. The first-order chi connectivity index (χ1) is 9.03. The van der Waals surface area contributed by atoms with Crippen molar-refractivity contribution in [3.05, 3.63) is 35.4 Å². The van der Waals surface area contributed by atoms with Crippen LogP contribution in [0, 0.1) is 11.3 Å². The molecule has 1 heterocycles. The summed E-state index contributed by atoms with van der Waals surface area (Å²) in [5, 5.41) is 8.72. The Morgan fingerprint density at radius 2 is 2.00 bits per heavy atom. The van der Waals surface area contributed by atoms with Crippen LogP contribution >= 0.6 is 0 Å². The van der Waals surface area contributed by atoms with E-state index >= 15 is 0 Å². The van der Waals surface area contributed by atoms with Gasteiger partial charge in [0.05, 0.1) is 17.4 Å². The average molecular weight is 278 g/mol. The molecule has 1 saturated heterocycles. The first-order valence-corrected chi connectivity index (χ1v) is 8.12. The van der Waals surface area contributed by atoms with E-state index in [0.29, 0.717) is 12.1 Å². The van der Waals surface area contributed by atoms with E-state index in [-0.39, 0.29) is 11.8 Å². The number of piperidine rings is 1. The Morgan fingerprint density at radius 3 is 2.58 bits per heavy atom. The Bertz CT molecular complexity index is 572. The minimum atomic E-state index is -3.25. The Hall–Kier alpha value is -1.38. The van der Waals surface area contributed by atoms with Gasteiger partial charge in [-0.3, -0.25) is 0 Å². The highest BCUT2D eigenvalue weighted by molar-refractivity contribution is 7.88. The molecule has 1 aliphatic heterocycles. The van der Waals surface area contributed by atoms with Gasteiger partial charge in [0.2, 0.25) is 10.0 Å². The van der Waals surface area contributed by atoms with Crippen LogP contribution in [0.5, 0.6) is 0 Å². The van der Waals surface area contributed by atoms with E-state index in [1.807, 2.05) is 13.0 Å². The molecule has 0 aliphatic carbocycles. The summed E-state index contributed by atoms with van der Waals surface area (Å²) in [5.74, 6) is 0.0169. The van der Waals surface area contributed by atoms with Crippen molar-refractivity contribution < 1.29 is 8.42 Å². The average Bonchev–Trinajstić information content (AvgIpc) is 2.39. The molecule has 1 aliphatic rings. The van der Waals surface area contributed by atoms with Crippen LogP contribution in [0.15, 0.2) is 24.3 Å². The second-order valence-corrected chi connectivity index (χ2v) is 6.94. The molecule has 2 rings (SSSR count). The summed E-state index contributed by atoms with van der Waals surface area (Å²) >= 11 is 0. The van der Waals surface area contributed by atoms with E-state index in [1.165, 1.54) is 0 Å². The van der Waals surface area contributed by atoms with Gasteiger partial charge in [-0.25, -0.2) is 8.42 Å². The third-order valence-electron chi connectivity index (χ3n) is 3.53. The van der Waals surface area contributed by atoms with Crippen LogP contribution in [-0.2, 0) is 15.8 Å². The smallest absolute Gasteiger partial charge is 0.212 e. The molecule has 0 N–H and O–H groups in total. The molecule has 102 valence electrons. The van der Waals surface area contributed by atoms with Crippen molar-refractivity contribution in [1.82, 2.24) is 4.31 Å². The fraction of sp³-hybridized carbons (Fsp3) is 0.500.